The van der Waals surface area contributed by atoms with Gasteiger partial charge in [0.1, 0.15) is 11.8 Å². The maximum atomic E-state index is 13.0. The second-order valence-corrected chi connectivity index (χ2v) is 8.28. The standard InChI is InChI=1S/C26H23N5O2/c32-26(30-12-14-33-15-13-30)20-6-3-5-19(16-20)21-8-9-22-24(29-21)25(28-17-27-22)31-11-10-18-4-1-2-7-23(18)31/h1-9,16-17H,10-15H2. The van der Waals surface area contributed by atoms with Gasteiger partial charge in [-0.25, -0.2) is 15.0 Å². The van der Waals surface area contributed by atoms with Crippen LogP contribution in [-0.4, -0.2) is 58.6 Å². The lowest BCUT2D eigenvalue weighted by Gasteiger charge is -2.27. The van der Waals surface area contributed by atoms with Gasteiger partial charge in [-0.3, -0.25) is 4.79 Å². The number of amides is 1. The summed E-state index contributed by atoms with van der Waals surface area (Å²) in [6.07, 6.45) is 2.58. The van der Waals surface area contributed by atoms with Gasteiger partial charge in [-0.15, -0.1) is 0 Å². The zero-order chi connectivity index (χ0) is 22.2. The minimum absolute atomic E-state index is 0.0265. The van der Waals surface area contributed by atoms with E-state index in [0.717, 1.165) is 41.1 Å². The Hall–Kier alpha value is -3.84. The van der Waals surface area contributed by atoms with E-state index in [2.05, 4.69) is 39.1 Å². The van der Waals surface area contributed by atoms with Crippen molar-refractivity contribution >= 4 is 28.4 Å². The van der Waals surface area contributed by atoms with E-state index in [-0.39, 0.29) is 5.91 Å². The first kappa shape index (κ1) is 19.8. The Morgan fingerprint density at radius 1 is 0.909 bits per heavy atom. The largest absolute Gasteiger partial charge is 0.378 e. The summed E-state index contributed by atoms with van der Waals surface area (Å²) in [5, 5.41) is 0. The molecule has 2 aromatic carbocycles. The number of pyridine rings is 1. The van der Waals surface area contributed by atoms with E-state index in [1.165, 1.54) is 11.3 Å². The van der Waals surface area contributed by atoms with Crippen molar-refractivity contribution in [2.24, 2.45) is 0 Å². The van der Waals surface area contributed by atoms with Crippen molar-refractivity contribution in [3.8, 4) is 11.3 Å². The molecule has 7 heteroatoms. The van der Waals surface area contributed by atoms with Crippen LogP contribution in [0.25, 0.3) is 22.3 Å². The van der Waals surface area contributed by atoms with Crippen LogP contribution in [0.2, 0.25) is 0 Å². The lowest BCUT2D eigenvalue weighted by Crippen LogP contribution is -2.40. The molecule has 0 unspecified atom stereocenters. The first-order valence-corrected chi connectivity index (χ1v) is 11.2. The Morgan fingerprint density at radius 3 is 2.70 bits per heavy atom. The molecule has 0 radical (unpaired) electrons. The summed E-state index contributed by atoms with van der Waals surface area (Å²) < 4.78 is 5.38. The summed E-state index contributed by atoms with van der Waals surface area (Å²) in [5.41, 5.74) is 6.40. The van der Waals surface area contributed by atoms with Crippen molar-refractivity contribution in [1.29, 1.82) is 0 Å². The molecule has 0 aliphatic carbocycles. The molecule has 2 aliphatic rings. The van der Waals surface area contributed by atoms with Crippen molar-refractivity contribution in [2.75, 3.05) is 37.7 Å². The molecule has 1 saturated heterocycles. The van der Waals surface area contributed by atoms with Crippen LogP contribution in [0.3, 0.4) is 0 Å². The lowest BCUT2D eigenvalue weighted by molar-refractivity contribution is 0.0303. The number of aromatic nitrogens is 3. The van der Waals surface area contributed by atoms with Crippen LogP contribution in [0.5, 0.6) is 0 Å². The Morgan fingerprint density at radius 2 is 1.79 bits per heavy atom. The molecule has 0 N–H and O–H groups in total. The number of carbonyl (C=O) groups excluding carboxylic acids is 1. The summed E-state index contributed by atoms with van der Waals surface area (Å²) >= 11 is 0. The topological polar surface area (TPSA) is 71.5 Å². The number of anilines is 2. The van der Waals surface area contributed by atoms with E-state index in [1.54, 1.807) is 6.33 Å². The fourth-order valence-corrected chi connectivity index (χ4v) is 4.60. The minimum Gasteiger partial charge on any atom is -0.378 e. The Kier molecular flexibility index (Phi) is 4.96. The summed E-state index contributed by atoms with van der Waals surface area (Å²) in [6, 6.07) is 20.0. The van der Waals surface area contributed by atoms with Crippen LogP contribution >= 0.6 is 0 Å². The van der Waals surface area contributed by atoms with E-state index in [1.807, 2.05) is 41.3 Å². The van der Waals surface area contributed by atoms with Crippen molar-refractivity contribution in [3.63, 3.8) is 0 Å². The van der Waals surface area contributed by atoms with E-state index < -0.39 is 0 Å². The number of nitrogens with zero attached hydrogens (tertiary/aromatic N) is 5. The molecule has 1 amide bonds. The smallest absolute Gasteiger partial charge is 0.254 e. The fraction of sp³-hybridized carbons (Fsp3) is 0.231. The molecule has 33 heavy (non-hydrogen) atoms. The minimum atomic E-state index is 0.0265. The zero-order valence-corrected chi connectivity index (χ0v) is 18.1. The highest BCUT2D eigenvalue weighted by Gasteiger charge is 2.24. The van der Waals surface area contributed by atoms with Crippen molar-refractivity contribution in [2.45, 2.75) is 6.42 Å². The Labute approximate surface area is 191 Å². The van der Waals surface area contributed by atoms with E-state index in [0.29, 0.717) is 31.9 Å². The van der Waals surface area contributed by atoms with Gasteiger partial charge >= 0.3 is 0 Å². The molecule has 4 heterocycles. The SMILES string of the molecule is O=C(c1cccc(-c2ccc3ncnc(N4CCc5ccccc54)c3n2)c1)N1CCOCC1. The summed E-state index contributed by atoms with van der Waals surface area (Å²) in [4.78, 5) is 31.0. The quantitative estimate of drug-likeness (QED) is 0.485. The number of ether oxygens (including phenoxy) is 1. The molecular weight excluding hydrogens is 414 g/mol. The van der Waals surface area contributed by atoms with Crippen molar-refractivity contribution in [1.82, 2.24) is 19.9 Å². The molecule has 4 aromatic rings. The number of rotatable bonds is 3. The van der Waals surface area contributed by atoms with Crippen molar-refractivity contribution < 1.29 is 9.53 Å². The Balaban J connectivity index is 1.39. The average Bonchev–Trinajstić information content (AvgIpc) is 3.32. The van der Waals surface area contributed by atoms with Crippen LogP contribution in [0.4, 0.5) is 11.5 Å². The summed E-state index contributed by atoms with van der Waals surface area (Å²) in [7, 11) is 0. The number of carbonyl (C=O) groups is 1. The van der Waals surface area contributed by atoms with Crippen LogP contribution in [-0.2, 0) is 11.2 Å². The fourth-order valence-electron chi connectivity index (χ4n) is 4.60. The number of hydrogen-bond acceptors (Lipinski definition) is 6. The van der Waals surface area contributed by atoms with E-state index >= 15 is 0 Å². The monoisotopic (exact) mass is 437 g/mol. The predicted molar refractivity (Wildman–Crippen MR) is 127 cm³/mol. The third-order valence-corrected chi connectivity index (χ3v) is 6.31. The van der Waals surface area contributed by atoms with Gasteiger partial charge < -0.3 is 14.5 Å². The van der Waals surface area contributed by atoms with Crippen LogP contribution in [0.15, 0.2) is 67.0 Å². The van der Waals surface area contributed by atoms with Gasteiger partial charge in [0.25, 0.3) is 5.91 Å². The molecule has 164 valence electrons. The van der Waals surface area contributed by atoms with Gasteiger partial charge in [-0.05, 0) is 42.3 Å². The second kappa shape index (κ2) is 8.26. The molecule has 0 saturated carbocycles. The third kappa shape index (κ3) is 3.60. The highest BCUT2D eigenvalue weighted by molar-refractivity contribution is 5.96. The first-order valence-electron chi connectivity index (χ1n) is 11.2. The number of benzene rings is 2. The van der Waals surface area contributed by atoms with Gasteiger partial charge in [0.15, 0.2) is 5.82 Å². The maximum absolute atomic E-state index is 13.0. The van der Waals surface area contributed by atoms with Crippen LogP contribution in [0, 0.1) is 0 Å². The molecule has 1 fully saturated rings. The highest BCUT2D eigenvalue weighted by atomic mass is 16.5. The third-order valence-electron chi connectivity index (χ3n) is 6.31. The molecule has 0 bridgehead atoms. The van der Waals surface area contributed by atoms with Gasteiger partial charge in [0.2, 0.25) is 0 Å². The maximum Gasteiger partial charge on any atom is 0.254 e. The number of fused-ring (bicyclic) bond motifs is 2. The first-order chi connectivity index (χ1) is 16.3. The molecule has 7 nitrogen and oxygen atoms in total. The van der Waals surface area contributed by atoms with Crippen molar-refractivity contribution in [3.05, 3.63) is 78.1 Å². The zero-order valence-electron chi connectivity index (χ0n) is 18.1. The number of para-hydroxylation sites is 1. The number of morpholine rings is 1. The summed E-state index contributed by atoms with van der Waals surface area (Å²) in [5.74, 6) is 0.839. The van der Waals surface area contributed by atoms with Gasteiger partial charge in [-0.1, -0.05) is 30.3 Å². The normalized spacial score (nSPS) is 15.6. The number of hydrogen-bond donors (Lipinski definition) is 0. The molecule has 2 aromatic heterocycles. The van der Waals surface area contributed by atoms with Gasteiger partial charge in [-0.2, -0.15) is 0 Å². The average molecular weight is 438 g/mol. The van der Waals surface area contributed by atoms with Crippen LogP contribution < -0.4 is 4.90 Å². The van der Waals surface area contributed by atoms with Gasteiger partial charge in [0.05, 0.1) is 24.4 Å². The molecule has 6 rings (SSSR count). The second-order valence-electron chi connectivity index (χ2n) is 8.28. The Bertz CT molecular complexity index is 1350. The predicted octanol–water partition coefficient (Wildman–Crippen LogP) is 3.86. The lowest BCUT2D eigenvalue weighted by atomic mass is 10.1. The molecule has 2 aliphatic heterocycles. The molecule has 0 spiro atoms. The van der Waals surface area contributed by atoms with Crippen LogP contribution in [0.1, 0.15) is 15.9 Å². The van der Waals surface area contributed by atoms with E-state index in [9.17, 15) is 4.79 Å². The van der Waals surface area contributed by atoms with Gasteiger partial charge in [0, 0.05) is 36.4 Å². The van der Waals surface area contributed by atoms with E-state index in [4.69, 9.17) is 9.72 Å². The highest BCUT2D eigenvalue weighted by Crippen LogP contribution is 2.36. The molecular formula is C26H23N5O2. The molecule has 0 atom stereocenters. The summed E-state index contributed by atoms with van der Waals surface area (Å²) in [6.45, 7) is 3.27.